The molecule has 3 heterocycles. The van der Waals surface area contributed by atoms with Crippen LogP contribution in [0.25, 0.3) is 0 Å². The first-order valence-corrected chi connectivity index (χ1v) is 10.00. The number of aromatic nitrogens is 2. The first kappa shape index (κ1) is 18.5. The molecule has 1 amide bonds. The number of carbonyl (C=O) groups is 1. The van der Waals surface area contributed by atoms with Gasteiger partial charge in [0.1, 0.15) is 23.7 Å². The minimum absolute atomic E-state index is 0.0512. The molecule has 28 heavy (non-hydrogen) atoms. The Bertz CT molecular complexity index is 814. The van der Waals surface area contributed by atoms with E-state index in [1.807, 2.05) is 23.1 Å². The lowest BCUT2D eigenvalue weighted by Crippen LogP contribution is -2.49. The number of hydrogen-bond donors (Lipinski definition) is 0. The fourth-order valence-electron chi connectivity index (χ4n) is 3.88. The molecule has 0 N–H and O–H groups in total. The molecule has 0 spiro atoms. The highest BCUT2D eigenvalue weighted by atomic mass is 16.5. The second-order valence-corrected chi connectivity index (χ2v) is 7.29. The van der Waals surface area contributed by atoms with E-state index >= 15 is 0 Å². The second-order valence-electron chi connectivity index (χ2n) is 7.29. The van der Waals surface area contributed by atoms with Gasteiger partial charge in [-0.2, -0.15) is 0 Å². The number of nitrogens with zero attached hydrogens (tertiary/aromatic N) is 5. The number of amides is 1. The number of anilines is 2. The first-order valence-electron chi connectivity index (χ1n) is 10.00. The van der Waals surface area contributed by atoms with Crippen LogP contribution in [0.1, 0.15) is 29.6 Å². The summed E-state index contributed by atoms with van der Waals surface area (Å²) in [6.07, 6.45) is 5.42. The molecule has 7 heteroatoms. The second kappa shape index (κ2) is 8.46. The van der Waals surface area contributed by atoms with Gasteiger partial charge < -0.3 is 19.4 Å². The van der Waals surface area contributed by atoms with Crippen LogP contribution in [0.4, 0.5) is 11.6 Å². The number of ether oxygens (including phenoxy) is 1. The Morgan fingerprint density at radius 2 is 1.57 bits per heavy atom. The molecular formula is C21H27N5O2. The summed E-state index contributed by atoms with van der Waals surface area (Å²) in [6, 6.07) is 9.43. The van der Waals surface area contributed by atoms with Gasteiger partial charge in [-0.1, -0.05) is 6.07 Å². The number of piperidine rings is 1. The average Bonchev–Trinajstić information content (AvgIpc) is 2.79. The van der Waals surface area contributed by atoms with Gasteiger partial charge in [-0.05, 0) is 37.5 Å². The smallest absolute Gasteiger partial charge is 0.254 e. The number of carbonyl (C=O) groups excluding carboxylic acids is 1. The van der Waals surface area contributed by atoms with E-state index in [-0.39, 0.29) is 5.91 Å². The quantitative estimate of drug-likeness (QED) is 0.811. The van der Waals surface area contributed by atoms with Gasteiger partial charge in [0.25, 0.3) is 5.91 Å². The first-order chi connectivity index (χ1) is 13.7. The van der Waals surface area contributed by atoms with Gasteiger partial charge in [0.05, 0.1) is 7.11 Å². The summed E-state index contributed by atoms with van der Waals surface area (Å²) in [6.45, 7) is 5.04. The lowest BCUT2D eigenvalue weighted by atomic mass is 10.1. The molecule has 2 aliphatic rings. The summed E-state index contributed by atoms with van der Waals surface area (Å²) in [7, 11) is 1.61. The van der Waals surface area contributed by atoms with Crippen molar-refractivity contribution in [1.82, 2.24) is 14.9 Å². The number of benzene rings is 1. The van der Waals surface area contributed by atoms with E-state index in [0.29, 0.717) is 24.4 Å². The van der Waals surface area contributed by atoms with Crippen LogP contribution in [0, 0.1) is 0 Å². The molecule has 0 atom stereocenters. The molecule has 148 valence electrons. The maximum absolute atomic E-state index is 12.8. The van der Waals surface area contributed by atoms with E-state index < -0.39 is 0 Å². The Hall–Kier alpha value is -2.83. The van der Waals surface area contributed by atoms with E-state index in [1.165, 1.54) is 19.3 Å². The summed E-state index contributed by atoms with van der Waals surface area (Å²) < 4.78 is 5.23. The molecule has 1 aromatic heterocycles. The molecular weight excluding hydrogens is 354 g/mol. The topological polar surface area (TPSA) is 61.8 Å². The van der Waals surface area contributed by atoms with Crippen molar-refractivity contribution >= 4 is 17.5 Å². The maximum Gasteiger partial charge on any atom is 0.254 e. The van der Waals surface area contributed by atoms with Crippen molar-refractivity contribution in [3.63, 3.8) is 0 Å². The average molecular weight is 381 g/mol. The summed E-state index contributed by atoms with van der Waals surface area (Å²) >= 11 is 0. The van der Waals surface area contributed by atoms with Gasteiger partial charge in [0.15, 0.2) is 0 Å². The number of rotatable bonds is 4. The van der Waals surface area contributed by atoms with E-state index in [0.717, 1.165) is 37.8 Å². The van der Waals surface area contributed by atoms with Crippen molar-refractivity contribution in [2.24, 2.45) is 0 Å². The Balaban J connectivity index is 1.39. The van der Waals surface area contributed by atoms with E-state index in [1.54, 1.807) is 19.5 Å². The van der Waals surface area contributed by atoms with Crippen molar-refractivity contribution in [1.29, 1.82) is 0 Å². The van der Waals surface area contributed by atoms with Crippen LogP contribution >= 0.6 is 0 Å². The van der Waals surface area contributed by atoms with E-state index in [2.05, 4.69) is 25.8 Å². The van der Waals surface area contributed by atoms with Gasteiger partial charge in [-0.25, -0.2) is 9.97 Å². The molecule has 2 saturated heterocycles. The van der Waals surface area contributed by atoms with Gasteiger partial charge in [-0.15, -0.1) is 0 Å². The van der Waals surface area contributed by atoms with Gasteiger partial charge in [0.2, 0.25) is 0 Å². The Kier molecular flexibility index (Phi) is 5.60. The van der Waals surface area contributed by atoms with Crippen LogP contribution in [-0.4, -0.2) is 67.2 Å². The van der Waals surface area contributed by atoms with Crippen LogP contribution in [0.15, 0.2) is 36.7 Å². The molecule has 4 rings (SSSR count). The van der Waals surface area contributed by atoms with E-state index in [4.69, 9.17) is 4.74 Å². The molecule has 0 saturated carbocycles. The summed E-state index contributed by atoms with van der Waals surface area (Å²) in [5.41, 5.74) is 0.669. The lowest BCUT2D eigenvalue weighted by Gasteiger charge is -2.36. The third kappa shape index (κ3) is 4.03. The summed E-state index contributed by atoms with van der Waals surface area (Å²) in [4.78, 5) is 28.2. The maximum atomic E-state index is 12.8. The normalized spacial score (nSPS) is 17.5. The fraction of sp³-hybridized carbons (Fsp3) is 0.476. The van der Waals surface area contributed by atoms with Gasteiger partial charge in [0, 0.05) is 50.9 Å². The third-order valence-corrected chi connectivity index (χ3v) is 5.53. The van der Waals surface area contributed by atoms with E-state index in [9.17, 15) is 4.79 Å². The minimum Gasteiger partial charge on any atom is -0.497 e. The Morgan fingerprint density at radius 3 is 2.25 bits per heavy atom. The van der Waals surface area contributed by atoms with Crippen LogP contribution in [0.5, 0.6) is 5.75 Å². The van der Waals surface area contributed by atoms with Crippen LogP contribution in [-0.2, 0) is 0 Å². The van der Waals surface area contributed by atoms with Crippen molar-refractivity contribution < 1.29 is 9.53 Å². The molecule has 7 nitrogen and oxygen atoms in total. The van der Waals surface area contributed by atoms with Crippen LogP contribution in [0.3, 0.4) is 0 Å². The zero-order valence-electron chi connectivity index (χ0n) is 16.4. The van der Waals surface area contributed by atoms with Gasteiger partial charge in [-0.3, -0.25) is 4.79 Å². The number of hydrogen-bond acceptors (Lipinski definition) is 6. The van der Waals surface area contributed by atoms with Crippen LogP contribution < -0.4 is 14.5 Å². The molecule has 2 aromatic rings. The Morgan fingerprint density at radius 1 is 0.893 bits per heavy atom. The lowest BCUT2D eigenvalue weighted by molar-refractivity contribution is 0.0746. The van der Waals surface area contributed by atoms with Crippen molar-refractivity contribution in [3.8, 4) is 5.75 Å². The SMILES string of the molecule is COc1cccc(C(=O)N2CCN(c3cc(N4CCCCC4)ncn3)CC2)c1. The molecule has 2 aliphatic heterocycles. The highest BCUT2D eigenvalue weighted by molar-refractivity contribution is 5.94. The molecule has 0 radical (unpaired) electrons. The largest absolute Gasteiger partial charge is 0.497 e. The minimum atomic E-state index is 0.0512. The predicted octanol–water partition coefficient (Wildman–Crippen LogP) is 2.44. The molecule has 1 aromatic carbocycles. The standard InChI is InChI=1S/C21H27N5O2/c1-28-18-7-5-6-17(14-18)21(27)26-12-10-25(11-13-26)20-15-19(22-16-23-20)24-8-3-2-4-9-24/h5-7,14-16H,2-4,8-13H2,1H3. The molecule has 0 bridgehead atoms. The summed E-state index contributed by atoms with van der Waals surface area (Å²) in [5.74, 6) is 2.72. The van der Waals surface area contributed by atoms with Crippen molar-refractivity contribution in [3.05, 3.63) is 42.2 Å². The van der Waals surface area contributed by atoms with Crippen LogP contribution in [0.2, 0.25) is 0 Å². The highest BCUT2D eigenvalue weighted by Gasteiger charge is 2.24. The third-order valence-electron chi connectivity index (χ3n) is 5.53. The highest BCUT2D eigenvalue weighted by Crippen LogP contribution is 2.22. The molecule has 0 aliphatic carbocycles. The van der Waals surface area contributed by atoms with Gasteiger partial charge >= 0.3 is 0 Å². The Labute approximate surface area is 165 Å². The fourth-order valence-corrected chi connectivity index (χ4v) is 3.88. The number of methoxy groups -OCH3 is 1. The summed E-state index contributed by atoms with van der Waals surface area (Å²) in [5, 5.41) is 0. The zero-order chi connectivity index (χ0) is 19.3. The monoisotopic (exact) mass is 381 g/mol. The molecule has 0 unspecified atom stereocenters. The van der Waals surface area contributed by atoms with Crippen molar-refractivity contribution in [2.75, 3.05) is 56.2 Å². The molecule has 2 fully saturated rings. The predicted molar refractivity (Wildman–Crippen MR) is 109 cm³/mol. The zero-order valence-corrected chi connectivity index (χ0v) is 16.4. The van der Waals surface area contributed by atoms with Crippen molar-refractivity contribution in [2.45, 2.75) is 19.3 Å². The number of piperazine rings is 1.